The fourth-order valence-corrected chi connectivity index (χ4v) is 2.65. The van der Waals surface area contributed by atoms with E-state index in [4.69, 9.17) is 0 Å². The van der Waals surface area contributed by atoms with Crippen LogP contribution in [-0.4, -0.2) is 5.54 Å². The van der Waals surface area contributed by atoms with Gasteiger partial charge in [0.05, 0.1) is 5.54 Å². The van der Waals surface area contributed by atoms with Gasteiger partial charge in [0.25, 0.3) is 0 Å². The van der Waals surface area contributed by atoms with Crippen LogP contribution in [0.25, 0.3) is 21.5 Å². The van der Waals surface area contributed by atoms with E-state index >= 15 is 0 Å². The summed E-state index contributed by atoms with van der Waals surface area (Å²) in [5.74, 6) is 0. The Morgan fingerprint density at radius 3 is 1.78 bits per heavy atom. The average Bonchev–Trinajstić information content (AvgIpc) is 2.50. The smallest absolute Gasteiger partial charge is 0.101 e. The van der Waals surface area contributed by atoms with Gasteiger partial charge in [-0.15, -0.1) is 0 Å². The Labute approximate surface area is 138 Å². The third kappa shape index (κ3) is 3.42. The first kappa shape index (κ1) is 15.7. The fourth-order valence-electron chi connectivity index (χ4n) is 2.65. The molecule has 0 unspecified atom stereocenters. The van der Waals surface area contributed by atoms with Crippen molar-refractivity contribution in [3.63, 3.8) is 0 Å². The summed E-state index contributed by atoms with van der Waals surface area (Å²) in [5, 5.41) is 14.1. The second-order valence-electron chi connectivity index (χ2n) is 7.69. The normalized spacial score (nSPS) is 13.3. The summed E-state index contributed by atoms with van der Waals surface area (Å²) in [6.07, 6.45) is 0. The third-order valence-electron chi connectivity index (χ3n) is 4.01. The van der Waals surface area contributed by atoms with E-state index in [0.29, 0.717) is 0 Å². The molecule has 3 aromatic carbocycles. The molecule has 0 saturated heterocycles. The highest BCUT2D eigenvalue weighted by atomic mass is 15.2. The van der Waals surface area contributed by atoms with Gasteiger partial charge in [-0.2, -0.15) is 10.2 Å². The minimum Gasteiger partial charge on any atom is -0.187 e. The maximum absolute atomic E-state index is 4.59. The highest BCUT2D eigenvalue weighted by molar-refractivity contribution is 5.98. The number of rotatable bonds is 2. The van der Waals surface area contributed by atoms with Crippen molar-refractivity contribution in [1.29, 1.82) is 0 Å². The number of fused-ring (bicyclic) bond motifs is 2. The summed E-state index contributed by atoms with van der Waals surface area (Å²) in [4.78, 5) is 0. The Bertz CT molecular complexity index is 883. The number of azo groups is 1. The molecule has 0 aromatic heterocycles. The van der Waals surface area contributed by atoms with Crippen molar-refractivity contribution in [3.05, 3.63) is 60.2 Å². The molecule has 0 N–H and O–H groups in total. The van der Waals surface area contributed by atoms with E-state index in [9.17, 15) is 0 Å². The maximum Gasteiger partial charge on any atom is 0.101 e. The standard InChI is InChI=1S/C21H24N2/c1-20(2,3)22-23-21(4,5)19-11-10-17-12-15-8-6-7-9-16(15)13-18(17)14-19/h6-14H,1-5H3. The summed E-state index contributed by atoms with van der Waals surface area (Å²) in [7, 11) is 0. The summed E-state index contributed by atoms with van der Waals surface area (Å²) < 4.78 is 0. The van der Waals surface area contributed by atoms with Gasteiger partial charge in [-0.25, -0.2) is 0 Å². The van der Waals surface area contributed by atoms with Crippen LogP contribution in [-0.2, 0) is 5.54 Å². The van der Waals surface area contributed by atoms with Gasteiger partial charge >= 0.3 is 0 Å². The van der Waals surface area contributed by atoms with Crippen molar-refractivity contribution in [2.24, 2.45) is 10.2 Å². The fraction of sp³-hybridized carbons (Fsp3) is 0.333. The van der Waals surface area contributed by atoms with E-state index in [1.807, 2.05) is 0 Å². The molecule has 0 saturated carbocycles. The second kappa shape index (κ2) is 5.45. The molecule has 118 valence electrons. The van der Waals surface area contributed by atoms with E-state index in [1.165, 1.54) is 27.1 Å². The highest BCUT2D eigenvalue weighted by Gasteiger charge is 2.21. The zero-order chi connectivity index (χ0) is 16.7. The van der Waals surface area contributed by atoms with Crippen LogP contribution < -0.4 is 0 Å². The van der Waals surface area contributed by atoms with Crippen LogP contribution in [0.1, 0.15) is 40.2 Å². The van der Waals surface area contributed by atoms with E-state index in [-0.39, 0.29) is 11.1 Å². The van der Waals surface area contributed by atoms with E-state index in [0.717, 1.165) is 0 Å². The van der Waals surface area contributed by atoms with Crippen molar-refractivity contribution >= 4 is 21.5 Å². The van der Waals surface area contributed by atoms with Crippen molar-refractivity contribution in [3.8, 4) is 0 Å². The summed E-state index contributed by atoms with van der Waals surface area (Å²) in [6.45, 7) is 10.4. The molecule has 0 amide bonds. The molecule has 0 aliphatic rings. The lowest BCUT2D eigenvalue weighted by atomic mass is 9.92. The molecule has 0 aliphatic carbocycles. The van der Waals surface area contributed by atoms with Gasteiger partial charge < -0.3 is 0 Å². The van der Waals surface area contributed by atoms with Crippen LogP contribution in [0.5, 0.6) is 0 Å². The van der Waals surface area contributed by atoms with Gasteiger partial charge in [-0.1, -0.05) is 36.4 Å². The lowest BCUT2D eigenvalue weighted by Crippen LogP contribution is -2.16. The van der Waals surface area contributed by atoms with Crippen LogP contribution >= 0.6 is 0 Å². The first-order valence-electron chi connectivity index (χ1n) is 8.12. The molecule has 23 heavy (non-hydrogen) atoms. The maximum atomic E-state index is 4.59. The van der Waals surface area contributed by atoms with Crippen molar-refractivity contribution in [2.45, 2.75) is 45.7 Å². The molecule has 2 nitrogen and oxygen atoms in total. The van der Waals surface area contributed by atoms with Crippen LogP contribution in [0.3, 0.4) is 0 Å². The van der Waals surface area contributed by atoms with Gasteiger partial charge in [-0.3, -0.25) is 0 Å². The molecule has 0 atom stereocenters. The van der Waals surface area contributed by atoms with Gasteiger partial charge in [0, 0.05) is 0 Å². The summed E-state index contributed by atoms with van der Waals surface area (Å²) >= 11 is 0. The van der Waals surface area contributed by atoms with E-state index in [2.05, 4.69) is 99.4 Å². The zero-order valence-electron chi connectivity index (χ0n) is 14.6. The molecule has 0 fully saturated rings. The Balaban J connectivity index is 2.08. The lowest BCUT2D eigenvalue weighted by molar-refractivity contribution is 0.452. The predicted molar refractivity (Wildman–Crippen MR) is 99.1 cm³/mol. The molecule has 0 heterocycles. The number of nitrogens with zero attached hydrogens (tertiary/aromatic N) is 2. The topological polar surface area (TPSA) is 24.7 Å². The molecule has 3 rings (SSSR count). The van der Waals surface area contributed by atoms with Crippen LogP contribution in [0.15, 0.2) is 64.8 Å². The molecule has 0 radical (unpaired) electrons. The van der Waals surface area contributed by atoms with Crippen LogP contribution in [0.4, 0.5) is 0 Å². The Kier molecular flexibility index (Phi) is 3.71. The Morgan fingerprint density at radius 1 is 0.609 bits per heavy atom. The minimum absolute atomic E-state index is 0.148. The average molecular weight is 304 g/mol. The van der Waals surface area contributed by atoms with Crippen molar-refractivity contribution < 1.29 is 0 Å². The molecule has 0 spiro atoms. The minimum atomic E-state index is -0.326. The summed E-state index contributed by atoms with van der Waals surface area (Å²) in [6, 6.07) is 19.6. The van der Waals surface area contributed by atoms with E-state index < -0.39 is 0 Å². The van der Waals surface area contributed by atoms with E-state index in [1.54, 1.807) is 0 Å². The van der Waals surface area contributed by atoms with Crippen molar-refractivity contribution in [2.75, 3.05) is 0 Å². The van der Waals surface area contributed by atoms with Gasteiger partial charge in [0.2, 0.25) is 0 Å². The van der Waals surface area contributed by atoms with Gasteiger partial charge in [-0.05, 0) is 79.9 Å². The Morgan fingerprint density at radius 2 is 1.17 bits per heavy atom. The predicted octanol–water partition coefficient (Wildman–Crippen LogP) is 6.48. The molecule has 0 bridgehead atoms. The molecular weight excluding hydrogens is 280 g/mol. The third-order valence-corrected chi connectivity index (χ3v) is 4.01. The molecule has 2 heteroatoms. The molecule has 0 aliphatic heterocycles. The van der Waals surface area contributed by atoms with Crippen molar-refractivity contribution in [1.82, 2.24) is 0 Å². The van der Waals surface area contributed by atoms with Crippen LogP contribution in [0.2, 0.25) is 0 Å². The molecular formula is C21H24N2. The Hall–Kier alpha value is -2.22. The highest BCUT2D eigenvalue weighted by Crippen LogP contribution is 2.31. The molecule has 3 aromatic rings. The van der Waals surface area contributed by atoms with Gasteiger partial charge in [0.15, 0.2) is 0 Å². The number of hydrogen-bond donors (Lipinski definition) is 0. The lowest BCUT2D eigenvalue weighted by Gasteiger charge is -2.22. The monoisotopic (exact) mass is 304 g/mol. The summed E-state index contributed by atoms with van der Waals surface area (Å²) in [5.41, 5.74) is 0.713. The first-order valence-corrected chi connectivity index (χ1v) is 8.12. The second-order valence-corrected chi connectivity index (χ2v) is 7.69. The van der Waals surface area contributed by atoms with Gasteiger partial charge in [0.1, 0.15) is 5.54 Å². The zero-order valence-corrected chi connectivity index (χ0v) is 14.6. The quantitative estimate of drug-likeness (QED) is 0.382. The first-order chi connectivity index (χ1) is 10.7. The van der Waals surface area contributed by atoms with Crippen LogP contribution in [0, 0.1) is 0 Å². The number of benzene rings is 3. The largest absolute Gasteiger partial charge is 0.187 e. The number of hydrogen-bond acceptors (Lipinski definition) is 2. The SMILES string of the molecule is CC(C)(C)N=NC(C)(C)c1ccc2cc3ccccc3cc2c1.